The van der Waals surface area contributed by atoms with E-state index in [-0.39, 0.29) is 0 Å². The Hall–Kier alpha value is -3.92. The normalized spacial score (nSPS) is 11.8. The van der Waals surface area contributed by atoms with Crippen LogP contribution < -0.4 is 18.9 Å². The quantitative estimate of drug-likeness (QED) is 0.0463. The summed E-state index contributed by atoms with van der Waals surface area (Å²) in [4.78, 5) is 12.3. The number of hydrogen-bond acceptors (Lipinski definition) is 7. The van der Waals surface area contributed by atoms with Crippen molar-refractivity contribution in [3.8, 4) is 29.1 Å². The topological polar surface area (TPSA) is 87.0 Å². The van der Waals surface area contributed by atoms with Crippen LogP contribution in [0.4, 0.5) is 0 Å². The van der Waals surface area contributed by atoms with E-state index in [1.165, 1.54) is 32.1 Å². The molecule has 0 saturated heterocycles. The maximum Gasteiger partial charge on any atom is 0.336 e. The van der Waals surface area contributed by atoms with Crippen molar-refractivity contribution >= 4 is 17.6 Å². The van der Waals surface area contributed by atoms with Crippen LogP contribution >= 0.6 is 0 Å². The molecule has 2 aromatic carbocycles. The first kappa shape index (κ1) is 32.3. The van der Waals surface area contributed by atoms with E-state index in [1.54, 1.807) is 64.7 Å². The molecule has 0 saturated carbocycles. The van der Waals surface area contributed by atoms with Gasteiger partial charge in [0.05, 0.1) is 33.0 Å². The maximum atomic E-state index is 12.3. The van der Waals surface area contributed by atoms with Crippen LogP contribution in [0.25, 0.3) is 11.6 Å². The first-order chi connectivity index (χ1) is 19.4. The van der Waals surface area contributed by atoms with E-state index in [0.717, 1.165) is 24.8 Å². The van der Waals surface area contributed by atoms with E-state index in [4.69, 9.17) is 23.7 Å². The predicted molar refractivity (Wildman–Crippen MR) is 159 cm³/mol. The lowest BCUT2D eigenvalue weighted by Gasteiger charge is -2.21. The molecule has 7 heteroatoms. The van der Waals surface area contributed by atoms with Crippen molar-refractivity contribution in [3.63, 3.8) is 0 Å². The summed E-state index contributed by atoms with van der Waals surface area (Å²) in [6, 6.07) is 12.9. The summed E-state index contributed by atoms with van der Waals surface area (Å²) in [5.74, 6) is 1.54. The number of unbranched alkanes of at least 4 members (excludes halogenated alkanes) is 7. The second kappa shape index (κ2) is 17.6. The fraction of sp³-hybridized carbons (Fsp3) is 0.455. The lowest BCUT2D eigenvalue weighted by atomic mass is 10.0. The monoisotopic (exact) mass is 549 g/mol. The smallest absolute Gasteiger partial charge is 0.336 e. The van der Waals surface area contributed by atoms with E-state index >= 15 is 0 Å². The Kier molecular flexibility index (Phi) is 14.2. The predicted octanol–water partition coefficient (Wildman–Crippen LogP) is 8.13. The Morgan fingerprint density at radius 1 is 0.875 bits per heavy atom. The Morgan fingerprint density at radius 3 is 2.08 bits per heavy atom. The molecule has 0 aliphatic carbocycles. The van der Waals surface area contributed by atoms with Crippen LogP contribution in [0.1, 0.15) is 82.8 Å². The van der Waals surface area contributed by atoms with Crippen molar-refractivity contribution in [2.24, 2.45) is 0 Å². The highest BCUT2D eigenvalue weighted by Gasteiger charge is 2.19. The Bertz CT molecular complexity index is 1180. The number of carbonyl (C=O) groups excluding carboxylic acids is 1. The fourth-order valence-electron chi connectivity index (χ4n) is 4.17. The van der Waals surface area contributed by atoms with Gasteiger partial charge in [-0.05, 0) is 60.9 Å². The van der Waals surface area contributed by atoms with E-state index in [9.17, 15) is 10.1 Å². The number of rotatable bonds is 18. The third-order valence-corrected chi connectivity index (χ3v) is 6.45. The average Bonchev–Trinajstić information content (AvgIpc) is 2.97. The minimum Gasteiger partial charge on any atom is -0.493 e. The summed E-state index contributed by atoms with van der Waals surface area (Å²) < 4.78 is 28.0. The summed E-state index contributed by atoms with van der Waals surface area (Å²) in [7, 11) is 4.66. The SMILES string of the molecule is C=C(C)C(=O)OC(CCCCCCCCCC)Oc1ccc(/C=C(\C#N)c2ccc(OC)c(OC)c2)cc1OC. The zero-order valence-corrected chi connectivity index (χ0v) is 24.6. The molecule has 0 aromatic heterocycles. The molecule has 0 radical (unpaired) electrons. The number of nitrogens with zero attached hydrogens (tertiary/aromatic N) is 1. The number of allylic oxidation sites excluding steroid dienone is 1. The van der Waals surface area contributed by atoms with Crippen molar-refractivity contribution in [1.82, 2.24) is 0 Å². The fourth-order valence-corrected chi connectivity index (χ4v) is 4.17. The Morgan fingerprint density at radius 2 is 1.48 bits per heavy atom. The molecule has 0 amide bonds. The van der Waals surface area contributed by atoms with E-state index in [1.807, 2.05) is 6.07 Å². The summed E-state index contributed by atoms with van der Waals surface area (Å²) in [5, 5.41) is 9.83. The molecule has 40 heavy (non-hydrogen) atoms. The second-order valence-corrected chi connectivity index (χ2v) is 9.65. The van der Waals surface area contributed by atoms with Crippen molar-refractivity contribution in [3.05, 3.63) is 59.7 Å². The van der Waals surface area contributed by atoms with Crippen LogP contribution in [0.2, 0.25) is 0 Å². The molecule has 0 spiro atoms. The first-order valence-electron chi connectivity index (χ1n) is 13.9. The van der Waals surface area contributed by atoms with Gasteiger partial charge in [-0.3, -0.25) is 0 Å². The third kappa shape index (κ3) is 10.3. The van der Waals surface area contributed by atoms with Gasteiger partial charge in [-0.25, -0.2) is 4.79 Å². The van der Waals surface area contributed by atoms with Crippen LogP contribution in [0.5, 0.6) is 23.0 Å². The van der Waals surface area contributed by atoms with Gasteiger partial charge in [-0.1, -0.05) is 64.5 Å². The van der Waals surface area contributed by atoms with Gasteiger partial charge in [-0.15, -0.1) is 0 Å². The van der Waals surface area contributed by atoms with Gasteiger partial charge < -0.3 is 23.7 Å². The summed E-state index contributed by atoms with van der Waals surface area (Å²) in [6.07, 6.45) is 10.9. The molecule has 1 atom stereocenters. The van der Waals surface area contributed by atoms with Gasteiger partial charge in [0.2, 0.25) is 6.29 Å². The molecule has 0 aliphatic rings. The molecule has 0 fully saturated rings. The minimum atomic E-state index is -0.763. The lowest BCUT2D eigenvalue weighted by molar-refractivity contribution is -0.159. The number of esters is 1. The highest BCUT2D eigenvalue weighted by molar-refractivity contribution is 5.90. The van der Waals surface area contributed by atoms with Crippen LogP contribution in [0, 0.1) is 11.3 Å². The van der Waals surface area contributed by atoms with Gasteiger partial charge in [0.15, 0.2) is 23.0 Å². The summed E-state index contributed by atoms with van der Waals surface area (Å²) in [6.45, 7) is 7.52. The number of ether oxygens (including phenoxy) is 5. The first-order valence-corrected chi connectivity index (χ1v) is 13.9. The van der Waals surface area contributed by atoms with Gasteiger partial charge in [0.1, 0.15) is 0 Å². The van der Waals surface area contributed by atoms with Crippen molar-refractivity contribution in [2.45, 2.75) is 77.9 Å². The van der Waals surface area contributed by atoms with Gasteiger partial charge in [-0.2, -0.15) is 5.26 Å². The Balaban J connectivity index is 2.17. The summed E-state index contributed by atoms with van der Waals surface area (Å²) >= 11 is 0. The maximum absolute atomic E-state index is 12.3. The minimum absolute atomic E-state index is 0.316. The van der Waals surface area contributed by atoms with Gasteiger partial charge in [0.25, 0.3) is 0 Å². The number of hydrogen-bond donors (Lipinski definition) is 0. The summed E-state index contributed by atoms with van der Waals surface area (Å²) in [5.41, 5.74) is 2.20. The number of methoxy groups -OCH3 is 3. The molecular formula is C33H43NO6. The lowest BCUT2D eigenvalue weighted by Crippen LogP contribution is -2.25. The highest BCUT2D eigenvalue weighted by Crippen LogP contribution is 2.34. The molecule has 1 unspecified atom stereocenters. The number of carbonyl (C=O) groups is 1. The molecule has 0 heterocycles. The van der Waals surface area contributed by atoms with Crippen molar-refractivity contribution in [1.29, 1.82) is 5.26 Å². The largest absolute Gasteiger partial charge is 0.493 e. The molecule has 7 nitrogen and oxygen atoms in total. The zero-order valence-electron chi connectivity index (χ0n) is 24.6. The van der Waals surface area contributed by atoms with Crippen LogP contribution in [0.3, 0.4) is 0 Å². The van der Waals surface area contributed by atoms with E-state index in [2.05, 4.69) is 19.6 Å². The second-order valence-electron chi connectivity index (χ2n) is 9.65. The highest BCUT2D eigenvalue weighted by atomic mass is 16.7. The molecule has 2 aromatic rings. The molecule has 216 valence electrons. The molecular weight excluding hydrogens is 506 g/mol. The average molecular weight is 550 g/mol. The molecule has 0 bridgehead atoms. The van der Waals surface area contributed by atoms with E-state index < -0.39 is 12.3 Å². The molecule has 2 rings (SSSR count). The van der Waals surface area contributed by atoms with Crippen molar-refractivity contribution in [2.75, 3.05) is 21.3 Å². The van der Waals surface area contributed by atoms with E-state index in [0.29, 0.717) is 46.1 Å². The number of benzene rings is 2. The third-order valence-electron chi connectivity index (χ3n) is 6.45. The Labute approximate surface area is 239 Å². The van der Waals surface area contributed by atoms with Gasteiger partial charge in [0, 0.05) is 12.0 Å². The zero-order chi connectivity index (χ0) is 29.3. The molecule has 0 N–H and O–H groups in total. The van der Waals surface area contributed by atoms with Gasteiger partial charge >= 0.3 is 5.97 Å². The van der Waals surface area contributed by atoms with Crippen LogP contribution in [0.15, 0.2) is 48.6 Å². The standard InChI is InChI=1S/C33H43NO6/c1-7-8-9-10-11-12-13-14-15-32(40-33(35)24(2)3)39-29-18-16-25(21-30(29)37-5)20-27(23-34)26-17-19-28(36-4)31(22-26)38-6/h16-22,32H,2,7-15H2,1,3-6H3/b27-20+. The number of nitriles is 1. The molecule has 0 aliphatic heterocycles. The van der Waals surface area contributed by atoms with Crippen molar-refractivity contribution < 1.29 is 28.5 Å². The van der Waals surface area contributed by atoms with Crippen LogP contribution in [-0.2, 0) is 9.53 Å². The van der Waals surface area contributed by atoms with Crippen LogP contribution in [-0.4, -0.2) is 33.6 Å².